The van der Waals surface area contributed by atoms with Crippen LogP contribution in [-0.4, -0.2) is 74.0 Å². The highest BCUT2D eigenvalue weighted by Crippen LogP contribution is 2.20. The van der Waals surface area contributed by atoms with E-state index in [4.69, 9.17) is 14.6 Å². The molecule has 0 aliphatic carbocycles. The van der Waals surface area contributed by atoms with E-state index in [1.165, 1.54) is 0 Å². The average molecular weight is 272 g/mol. The molecule has 108 valence electrons. The molecule has 2 rings (SSSR count). The Morgan fingerprint density at radius 3 is 2.79 bits per heavy atom. The molecule has 1 amide bonds. The minimum Gasteiger partial charge on any atom is -0.481 e. The van der Waals surface area contributed by atoms with Crippen molar-refractivity contribution < 1.29 is 24.2 Å². The van der Waals surface area contributed by atoms with Crippen LogP contribution in [-0.2, 0) is 19.1 Å². The Hall–Kier alpha value is -1.18. The number of aliphatic carboxylic acids is 1. The van der Waals surface area contributed by atoms with Crippen molar-refractivity contribution in [1.29, 1.82) is 0 Å². The summed E-state index contributed by atoms with van der Waals surface area (Å²) in [4.78, 5) is 25.0. The van der Waals surface area contributed by atoms with E-state index < -0.39 is 5.97 Å². The molecule has 2 fully saturated rings. The van der Waals surface area contributed by atoms with Crippen LogP contribution in [0.4, 0.5) is 0 Å². The van der Waals surface area contributed by atoms with Gasteiger partial charge >= 0.3 is 5.97 Å². The standard InChI is InChI=1S/C12H20N2O5/c1-13-10-7-19-6-9(10)12(17)14-2-3-18-5-8(14)4-11(15)16/h8-10,13H,2-7H2,1H3,(H,15,16). The number of hydrogen-bond acceptors (Lipinski definition) is 5. The third-order valence-electron chi connectivity index (χ3n) is 3.69. The highest BCUT2D eigenvalue weighted by atomic mass is 16.5. The molecule has 2 saturated heterocycles. The molecule has 7 nitrogen and oxygen atoms in total. The Morgan fingerprint density at radius 1 is 1.32 bits per heavy atom. The highest BCUT2D eigenvalue weighted by molar-refractivity contribution is 5.81. The van der Waals surface area contributed by atoms with E-state index in [9.17, 15) is 9.59 Å². The molecular weight excluding hydrogens is 252 g/mol. The molecule has 3 atom stereocenters. The number of rotatable bonds is 4. The van der Waals surface area contributed by atoms with Crippen molar-refractivity contribution in [2.24, 2.45) is 5.92 Å². The summed E-state index contributed by atoms with van der Waals surface area (Å²) in [6, 6.07) is -0.377. The summed E-state index contributed by atoms with van der Waals surface area (Å²) >= 11 is 0. The lowest BCUT2D eigenvalue weighted by molar-refractivity contribution is -0.149. The zero-order valence-corrected chi connectivity index (χ0v) is 11.0. The molecule has 3 unspecified atom stereocenters. The smallest absolute Gasteiger partial charge is 0.305 e. The zero-order valence-electron chi connectivity index (χ0n) is 11.0. The second-order valence-electron chi connectivity index (χ2n) is 4.90. The van der Waals surface area contributed by atoms with Crippen molar-refractivity contribution in [3.63, 3.8) is 0 Å². The molecule has 0 spiro atoms. The number of likely N-dealkylation sites (N-methyl/N-ethyl adjacent to an activating group) is 1. The maximum atomic E-state index is 12.5. The van der Waals surface area contributed by atoms with Gasteiger partial charge in [-0.05, 0) is 7.05 Å². The van der Waals surface area contributed by atoms with Gasteiger partial charge in [-0.2, -0.15) is 0 Å². The number of hydrogen-bond donors (Lipinski definition) is 2. The summed E-state index contributed by atoms with van der Waals surface area (Å²) in [6.07, 6.45) is -0.0798. The minimum absolute atomic E-state index is 0.000762. The summed E-state index contributed by atoms with van der Waals surface area (Å²) in [5, 5.41) is 12.0. The van der Waals surface area contributed by atoms with Gasteiger partial charge in [0.05, 0.1) is 44.8 Å². The quantitative estimate of drug-likeness (QED) is 0.677. The molecule has 0 radical (unpaired) electrons. The normalized spacial score (nSPS) is 31.4. The predicted octanol–water partition coefficient (Wildman–Crippen LogP) is -1.08. The molecule has 0 saturated carbocycles. The van der Waals surface area contributed by atoms with Crippen molar-refractivity contribution in [2.45, 2.75) is 18.5 Å². The van der Waals surface area contributed by atoms with Crippen LogP contribution in [0.25, 0.3) is 0 Å². The lowest BCUT2D eigenvalue weighted by Gasteiger charge is -2.37. The van der Waals surface area contributed by atoms with Gasteiger partial charge in [0.25, 0.3) is 0 Å². The molecule has 0 aromatic carbocycles. The maximum absolute atomic E-state index is 12.5. The number of nitrogens with one attached hydrogen (secondary N) is 1. The Kier molecular flexibility index (Phi) is 4.73. The van der Waals surface area contributed by atoms with Crippen LogP contribution in [0.1, 0.15) is 6.42 Å². The molecule has 19 heavy (non-hydrogen) atoms. The van der Waals surface area contributed by atoms with E-state index in [1.807, 2.05) is 0 Å². The van der Waals surface area contributed by atoms with Crippen LogP contribution in [0, 0.1) is 5.92 Å². The number of carbonyl (C=O) groups excluding carboxylic acids is 1. The van der Waals surface area contributed by atoms with Crippen molar-refractivity contribution >= 4 is 11.9 Å². The summed E-state index contributed by atoms with van der Waals surface area (Å²) in [5.74, 6) is -1.19. The fourth-order valence-corrected chi connectivity index (χ4v) is 2.61. The van der Waals surface area contributed by atoms with Crippen LogP contribution < -0.4 is 5.32 Å². The van der Waals surface area contributed by atoms with Crippen molar-refractivity contribution in [2.75, 3.05) is 40.0 Å². The maximum Gasteiger partial charge on any atom is 0.305 e. The first-order chi connectivity index (χ1) is 9.13. The van der Waals surface area contributed by atoms with Gasteiger partial charge in [-0.25, -0.2) is 0 Å². The Balaban J connectivity index is 2.04. The van der Waals surface area contributed by atoms with Gasteiger partial charge in [0, 0.05) is 12.6 Å². The van der Waals surface area contributed by atoms with Crippen LogP contribution in [0.2, 0.25) is 0 Å². The van der Waals surface area contributed by atoms with Crippen LogP contribution >= 0.6 is 0 Å². The SMILES string of the molecule is CNC1COCC1C(=O)N1CCOCC1CC(=O)O. The Bertz CT molecular complexity index is 349. The molecule has 0 bridgehead atoms. The van der Waals surface area contributed by atoms with E-state index in [2.05, 4.69) is 5.32 Å². The van der Waals surface area contributed by atoms with Crippen molar-refractivity contribution in [3.05, 3.63) is 0 Å². The van der Waals surface area contributed by atoms with Gasteiger partial charge in [0.15, 0.2) is 0 Å². The number of carboxylic acid groups (broad SMARTS) is 1. The molecule has 2 heterocycles. The van der Waals surface area contributed by atoms with Gasteiger partial charge in [-0.3, -0.25) is 9.59 Å². The zero-order chi connectivity index (χ0) is 13.8. The number of ether oxygens (including phenoxy) is 2. The van der Waals surface area contributed by atoms with Gasteiger partial charge < -0.3 is 24.8 Å². The van der Waals surface area contributed by atoms with E-state index in [0.29, 0.717) is 26.4 Å². The molecule has 2 aliphatic heterocycles. The van der Waals surface area contributed by atoms with Crippen LogP contribution in [0.3, 0.4) is 0 Å². The highest BCUT2D eigenvalue weighted by Gasteiger charge is 2.39. The summed E-state index contributed by atoms with van der Waals surface area (Å²) in [7, 11) is 1.80. The van der Waals surface area contributed by atoms with Crippen LogP contribution in [0.5, 0.6) is 0 Å². The summed E-state index contributed by atoms with van der Waals surface area (Å²) in [6.45, 7) is 2.10. The van der Waals surface area contributed by atoms with Gasteiger partial charge in [0.2, 0.25) is 5.91 Å². The first kappa shape index (κ1) is 14.2. The molecule has 7 heteroatoms. The fraction of sp³-hybridized carbons (Fsp3) is 0.833. The van der Waals surface area contributed by atoms with E-state index in [-0.39, 0.29) is 36.9 Å². The first-order valence-electron chi connectivity index (χ1n) is 6.48. The monoisotopic (exact) mass is 272 g/mol. The predicted molar refractivity (Wildman–Crippen MR) is 65.7 cm³/mol. The Morgan fingerprint density at radius 2 is 2.11 bits per heavy atom. The topological polar surface area (TPSA) is 88.1 Å². The van der Waals surface area contributed by atoms with E-state index in [1.54, 1.807) is 11.9 Å². The third-order valence-corrected chi connectivity index (χ3v) is 3.69. The number of carbonyl (C=O) groups is 2. The van der Waals surface area contributed by atoms with Crippen molar-refractivity contribution in [3.8, 4) is 0 Å². The molecule has 0 aromatic rings. The fourth-order valence-electron chi connectivity index (χ4n) is 2.61. The summed E-state index contributed by atoms with van der Waals surface area (Å²) < 4.78 is 10.6. The lowest BCUT2D eigenvalue weighted by Crippen LogP contribution is -2.54. The number of nitrogens with zero attached hydrogens (tertiary/aromatic N) is 1. The minimum atomic E-state index is -0.916. The third kappa shape index (κ3) is 3.23. The van der Waals surface area contributed by atoms with E-state index >= 15 is 0 Å². The van der Waals surface area contributed by atoms with Gasteiger partial charge in [-0.1, -0.05) is 0 Å². The van der Waals surface area contributed by atoms with Gasteiger partial charge in [0.1, 0.15) is 0 Å². The molecule has 2 aliphatic rings. The lowest BCUT2D eigenvalue weighted by atomic mass is 10.00. The molecule has 0 aromatic heterocycles. The Labute approximate surface area is 111 Å². The average Bonchev–Trinajstić information content (AvgIpc) is 2.86. The number of carboxylic acids is 1. The summed E-state index contributed by atoms with van der Waals surface area (Å²) in [5.41, 5.74) is 0. The van der Waals surface area contributed by atoms with E-state index in [0.717, 1.165) is 0 Å². The molecular formula is C12H20N2O5. The number of amides is 1. The molecule has 2 N–H and O–H groups in total. The second-order valence-corrected chi connectivity index (χ2v) is 4.90. The van der Waals surface area contributed by atoms with Crippen LogP contribution in [0.15, 0.2) is 0 Å². The van der Waals surface area contributed by atoms with Gasteiger partial charge in [-0.15, -0.1) is 0 Å². The number of morpholine rings is 1. The largest absolute Gasteiger partial charge is 0.481 e. The second kappa shape index (κ2) is 6.31. The first-order valence-corrected chi connectivity index (χ1v) is 6.48. The van der Waals surface area contributed by atoms with Crippen molar-refractivity contribution in [1.82, 2.24) is 10.2 Å².